The predicted molar refractivity (Wildman–Crippen MR) is 112 cm³/mol. The molecule has 10 heteroatoms. The van der Waals surface area contributed by atoms with Gasteiger partial charge >= 0.3 is 5.97 Å². The molecule has 3 aromatic rings. The van der Waals surface area contributed by atoms with Crippen LogP contribution in [0.5, 0.6) is 5.75 Å². The average molecular weight is 427 g/mol. The first-order chi connectivity index (χ1) is 14.6. The van der Waals surface area contributed by atoms with Crippen molar-refractivity contribution >= 4 is 23.6 Å². The zero-order valence-electron chi connectivity index (χ0n) is 16.6. The number of ether oxygens (including phenoxy) is 2. The Labute approximate surface area is 177 Å². The molecule has 3 rings (SSSR count). The number of amides is 1. The molecule has 30 heavy (non-hydrogen) atoms. The molecule has 0 saturated carbocycles. The van der Waals surface area contributed by atoms with Gasteiger partial charge in [0.2, 0.25) is 5.91 Å². The highest BCUT2D eigenvalue weighted by molar-refractivity contribution is 7.99. The highest BCUT2D eigenvalue weighted by atomic mass is 32.2. The van der Waals surface area contributed by atoms with Crippen LogP contribution < -0.4 is 10.1 Å². The van der Waals surface area contributed by atoms with Crippen LogP contribution in [-0.2, 0) is 14.3 Å². The van der Waals surface area contributed by atoms with Crippen LogP contribution in [0.1, 0.15) is 6.92 Å². The number of hydrogen-bond donors (Lipinski definition) is 1. The summed E-state index contributed by atoms with van der Waals surface area (Å²) in [5.74, 6) is 0.613. The first-order valence-corrected chi connectivity index (χ1v) is 10.2. The molecule has 1 amide bonds. The molecule has 0 saturated heterocycles. The third-order valence-corrected chi connectivity index (χ3v) is 4.88. The number of esters is 1. The zero-order chi connectivity index (χ0) is 21.3. The van der Waals surface area contributed by atoms with Crippen LogP contribution in [0.2, 0.25) is 0 Å². The molecule has 1 aromatic carbocycles. The molecule has 0 atom stereocenters. The third-order valence-electron chi connectivity index (χ3n) is 3.95. The monoisotopic (exact) mass is 427 g/mol. The Balaban J connectivity index is 1.81. The van der Waals surface area contributed by atoms with E-state index in [0.717, 1.165) is 17.0 Å². The van der Waals surface area contributed by atoms with Crippen molar-refractivity contribution in [2.45, 2.75) is 12.1 Å². The number of methoxy groups -OCH3 is 1. The van der Waals surface area contributed by atoms with Crippen molar-refractivity contribution < 1.29 is 19.1 Å². The number of thioether (sulfide) groups is 1. The number of rotatable bonds is 9. The van der Waals surface area contributed by atoms with E-state index >= 15 is 0 Å². The van der Waals surface area contributed by atoms with Crippen molar-refractivity contribution in [3.63, 3.8) is 0 Å². The van der Waals surface area contributed by atoms with E-state index in [9.17, 15) is 9.59 Å². The molecule has 0 unspecified atom stereocenters. The lowest BCUT2D eigenvalue weighted by Crippen LogP contribution is -2.31. The summed E-state index contributed by atoms with van der Waals surface area (Å²) in [4.78, 5) is 27.6. The molecule has 2 heterocycles. The molecule has 0 bridgehead atoms. The smallest absolute Gasteiger partial charge is 0.325 e. The normalized spacial score (nSPS) is 10.5. The fourth-order valence-corrected chi connectivity index (χ4v) is 3.36. The fraction of sp³-hybridized carbons (Fsp3) is 0.250. The molecule has 0 radical (unpaired) electrons. The SMILES string of the molecule is CCOC(=O)CNC(=O)CSc1nnc(-c2cccnc2)n1-c1ccc(OC)cc1. The van der Waals surface area contributed by atoms with Gasteiger partial charge in [-0.15, -0.1) is 10.2 Å². The van der Waals surface area contributed by atoms with E-state index in [4.69, 9.17) is 9.47 Å². The minimum absolute atomic E-state index is 0.0702. The van der Waals surface area contributed by atoms with Crippen LogP contribution in [0, 0.1) is 0 Å². The molecule has 9 nitrogen and oxygen atoms in total. The maximum absolute atomic E-state index is 12.1. The molecule has 0 aliphatic heterocycles. The summed E-state index contributed by atoms with van der Waals surface area (Å²) in [6.07, 6.45) is 3.38. The fourth-order valence-electron chi connectivity index (χ4n) is 2.57. The summed E-state index contributed by atoms with van der Waals surface area (Å²) in [5, 5.41) is 11.6. The van der Waals surface area contributed by atoms with Crippen LogP contribution in [0.4, 0.5) is 0 Å². The van der Waals surface area contributed by atoms with E-state index in [1.54, 1.807) is 26.4 Å². The maximum Gasteiger partial charge on any atom is 0.325 e. The predicted octanol–water partition coefficient (Wildman–Crippen LogP) is 2.11. The highest BCUT2D eigenvalue weighted by Gasteiger charge is 2.18. The van der Waals surface area contributed by atoms with Gasteiger partial charge in [0.1, 0.15) is 12.3 Å². The minimum Gasteiger partial charge on any atom is -0.497 e. The largest absolute Gasteiger partial charge is 0.497 e. The van der Waals surface area contributed by atoms with Crippen molar-refractivity contribution in [1.82, 2.24) is 25.1 Å². The topological polar surface area (TPSA) is 108 Å². The molecular formula is C20H21N5O4S. The molecular weight excluding hydrogens is 406 g/mol. The summed E-state index contributed by atoms with van der Waals surface area (Å²) < 4.78 is 11.9. The lowest BCUT2D eigenvalue weighted by Gasteiger charge is -2.11. The molecule has 0 aliphatic carbocycles. The third kappa shape index (κ3) is 5.35. The van der Waals surface area contributed by atoms with Gasteiger partial charge in [0.15, 0.2) is 11.0 Å². The maximum atomic E-state index is 12.1. The summed E-state index contributed by atoms with van der Waals surface area (Å²) in [6, 6.07) is 11.1. The summed E-state index contributed by atoms with van der Waals surface area (Å²) in [6.45, 7) is 1.81. The number of nitrogens with one attached hydrogen (secondary N) is 1. The summed E-state index contributed by atoms with van der Waals surface area (Å²) in [7, 11) is 1.60. The summed E-state index contributed by atoms with van der Waals surface area (Å²) in [5.41, 5.74) is 1.61. The number of hydrogen-bond acceptors (Lipinski definition) is 8. The van der Waals surface area contributed by atoms with Gasteiger partial charge in [0.05, 0.1) is 19.5 Å². The van der Waals surface area contributed by atoms with E-state index in [1.165, 1.54) is 11.8 Å². The Morgan fingerprint density at radius 3 is 2.63 bits per heavy atom. The number of pyridine rings is 1. The lowest BCUT2D eigenvalue weighted by molar-refractivity contribution is -0.143. The van der Waals surface area contributed by atoms with Crippen LogP contribution >= 0.6 is 11.8 Å². The first-order valence-electron chi connectivity index (χ1n) is 9.17. The van der Waals surface area contributed by atoms with Crippen molar-refractivity contribution in [1.29, 1.82) is 0 Å². The van der Waals surface area contributed by atoms with Crippen LogP contribution in [0.15, 0.2) is 53.9 Å². The van der Waals surface area contributed by atoms with E-state index in [2.05, 4.69) is 20.5 Å². The van der Waals surface area contributed by atoms with Gasteiger partial charge in [0, 0.05) is 23.6 Å². The average Bonchev–Trinajstić information content (AvgIpc) is 3.21. The number of aromatic nitrogens is 4. The Morgan fingerprint density at radius 2 is 1.97 bits per heavy atom. The number of nitrogens with zero attached hydrogens (tertiary/aromatic N) is 4. The van der Waals surface area contributed by atoms with Gasteiger partial charge in [-0.25, -0.2) is 0 Å². The van der Waals surface area contributed by atoms with Gasteiger partial charge in [-0.1, -0.05) is 11.8 Å². The molecule has 2 aromatic heterocycles. The highest BCUT2D eigenvalue weighted by Crippen LogP contribution is 2.28. The Morgan fingerprint density at radius 1 is 1.17 bits per heavy atom. The molecule has 1 N–H and O–H groups in total. The Kier molecular flexibility index (Phi) is 7.39. The van der Waals surface area contributed by atoms with E-state index in [1.807, 2.05) is 41.0 Å². The van der Waals surface area contributed by atoms with E-state index < -0.39 is 5.97 Å². The zero-order valence-corrected chi connectivity index (χ0v) is 17.4. The van der Waals surface area contributed by atoms with Crippen LogP contribution in [0.3, 0.4) is 0 Å². The number of benzene rings is 1. The number of carbonyl (C=O) groups excluding carboxylic acids is 2. The van der Waals surface area contributed by atoms with Gasteiger partial charge in [-0.2, -0.15) is 0 Å². The summed E-state index contributed by atoms with van der Waals surface area (Å²) >= 11 is 1.21. The standard InChI is InChI=1S/C20H21N5O4S/c1-3-29-18(27)12-22-17(26)13-30-20-24-23-19(14-5-4-10-21-11-14)25(20)15-6-8-16(28-2)9-7-15/h4-11H,3,12-13H2,1-2H3,(H,22,26). The lowest BCUT2D eigenvalue weighted by atomic mass is 10.2. The van der Waals surface area contributed by atoms with Crippen molar-refractivity contribution in [2.75, 3.05) is 26.0 Å². The Bertz CT molecular complexity index is 992. The first kappa shape index (κ1) is 21.3. The van der Waals surface area contributed by atoms with Gasteiger partial charge in [-0.05, 0) is 43.3 Å². The van der Waals surface area contributed by atoms with Gasteiger partial charge < -0.3 is 14.8 Å². The second kappa shape index (κ2) is 10.4. The van der Waals surface area contributed by atoms with Crippen molar-refractivity contribution in [3.05, 3.63) is 48.8 Å². The van der Waals surface area contributed by atoms with Crippen molar-refractivity contribution in [2.24, 2.45) is 0 Å². The Hall–Kier alpha value is -3.40. The molecule has 0 aliphatic rings. The molecule has 0 spiro atoms. The van der Waals surface area contributed by atoms with E-state index in [-0.39, 0.29) is 24.8 Å². The quantitative estimate of drug-likeness (QED) is 0.409. The second-order valence-electron chi connectivity index (χ2n) is 5.95. The molecule has 156 valence electrons. The van der Waals surface area contributed by atoms with Gasteiger partial charge in [0.25, 0.3) is 0 Å². The van der Waals surface area contributed by atoms with Crippen LogP contribution in [-0.4, -0.2) is 57.6 Å². The second-order valence-corrected chi connectivity index (χ2v) is 6.89. The van der Waals surface area contributed by atoms with E-state index in [0.29, 0.717) is 11.0 Å². The molecule has 0 fully saturated rings. The van der Waals surface area contributed by atoms with Gasteiger partial charge in [-0.3, -0.25) is 19.1 Å². The van der Waals surface area contributed by atoms with Crippen molar-refractivity contribution in [3.8, 4) is 22.8 Å². The van der Waals surface area contributed by atoms with Crippen LogP contribution in [0.25, 0.3) is 17.1 Å². The minimum atomic E-state index is -0.476. The number of carbonyl (C=O) groups is 2.